The molecule has 1 aliphatic heterocycles. The molecule has 1 aromatic carbocycles. The molecule has 3 N–H and O–H groups in total. The van der Waals surface area contributed by atoms with E-state index < -0.39 is 0 Å². The number of nitrogens with one attached hydrogen (secondary N) is 1. The first-order valence-electron chi connectivity index (χ1n) is 6.88. The number of methoxy groups -OCH3 is 1. The van der Waals surface area contributed by atoms with Gasteiger partial charge in [-0.3, -0.25) is 4.79 Å². The van der Waals surface area contributed by atoms with Gasteiger partial charge in [0.2, 0.25) is 5.91 Å². The van der Waals surface area contributed by atoms with Gasteiger partial charge in [-0.25, -0.2) is 0 Å². The van der Waals surface area contributed by atoms with E-state index in [0.717, 1.165) is 17.7 Å². The summed E-state index contributed by atoms with van der Waals surface area (Å²) < 4.78 is 10.8. The third-order valence-corrected chi connectivity index (χ3v) is 3.70. The molecule has 5 heteroatoms. The average molecular weight is 278 g/mol. The van der Waals surface area contributed by atoms with Gasteiger partial charge in [-0.05, 0) is 24.1 Å². The van der Waals surface area contributed by atoms with Crippen LogP contribution in [0, 0.1) is 0 Å². The summed E-state index contributed by atoms with van der Waals surface area (Å²) in [5.74, 6) is 0.0238. The lowest BCUT2D eigenvalue weighted by molar-refractivity contribution is -0.122. The highest BCUT2D eigenvalue weighted by molar-refractivity contribution is 5.76. The van der Waals surface area contributed by atoms with Crippen molar-refractivity contribution in [2.75, 3.05) is 32.6 Å². The molecule has 110 valence electrons. The van der Waals surface area contributed by atoms with Crippen LogP contribution in [0.1, 0.15) is 18.4 Å². The second kappa shape index (κ2) is 6.72. The fourth-order valence-electron chi connectivity index (χ4n) is 2.32. The number of hydrogen-bond donors (Lipinski definition) is 2. The molecule has 1 heterocycles. The summed E-state index contributed by atoms with van der Waals surface area (Å²) in [4.78, 5) is 11.9. The maximum absolute atomic E-state index is 11.9. The molecule has 0 spiro atoms. The number of nitrogens with two attached hydrogens (primary N) is 1. The lowest BCUT2D eigenvalue weighted by atomic mass is 10.0. The summed E-state index contributed by atoms with van der Waals surface area (Å²) >= 11 is 0. The molecule has 5 nitrogen and oxygen atoms in total. The number of rotatable bonds is 6. The van der Waals surface area contributed by atoms with Gasteiger partial charge in [0.15, 0.2) is 0 Å². The molecule has 20 heavy (non-hydrogen) atoms. The molecular formula is C15H22N2O3. The van der Waals surface area contributed by atoms with Crippen molar-refractivity contribution in [1.29, 1.82) is 0 Å². The Kier molecular flexibility index (Phi) is 4.98. The van der Waals surface area contributed by atoms with Gasteiger partial charge in [0.1, 0.15) is 5.60 Å². The van der Waals surface area contributed by atoms with E-state index in [4.69, 9.17) is 15.2 Å². The highest BCUT2D eigenvalue weighted by Crippen LogP contribution is 2.21. The fourth-order valence-corrected chi connectivity index (χ4v) is 2.32. The van der Waals surface area contributed by atoms with E-state index in [-0.39, 0.29) is 11.5 Å². The van der Waals surface area contributed by atoms with Crippen LogP contribution < -0.4 is 11.1 Å². The third kappa shape index (κ3) is 3.95. The van der Waals surface area contributed by atoms with Crippen molar-refractivity contribution in [2.45, 2.75) is 24.9 Å². The first kappa shape index (κ1) is 14.8. The van der Waals surface area contributed by atoms with Crippen LogP contribution in [0.5, 0.6) is 0 Å². The zero-order chi connectivity index (χ0) is 14.4. The normalized spacial score (nSPS) is 21.9. The number of carbonyl (C=O) groups excluding carboxylic acids is 1. The average Bonchev–Trinajstić information content (AvgIpc) is 2.92. The number of ether oxygens (including phenoxy) is 2. The maximum atomic E-state index is 11.9. The van der Waals surface area contributed by atoms with Gasteiger partial charge in [0.25, 0.3) is 0 Å². The van der Waals surface area contributed by atoms with E-state index in [2.05, 4.69) is 5.32 Å². The molecule has 1 saturated heterocycles. The molecule has 1 aliphatic rings. The first-order valence-corrected chi connectivity index (χ1v) is 6.88. The lowest BCUT2D eigenvalue weighted by Crippen LogP contribution is -2.45. The Labute approximate surface area is 119 Å². The van der Waals surface area contributed by atoms with Gasteiger partial charge in [-0.15, -0.1) is 0 Å². The van der Waals surface area contributed by atoms with E-state index in [1.165, 1.54) is 0 Å². The van der Waals surface area contributed by atoms with Gasteiger partial charge >= 0.3 is 0 Å². The second-order valence-corrected chi connectivity index (χ2v) is 5.21. The van der Waals surface area contributed by atoms with Crippen molar-refractivity contribution in [3.8, 4) is 0 Å². The molecule has 0 saturated carbocycles. The molecule has 1 unspecified atom stereocenters. The number of nitrogen functional groups attached to an aromatic ring is 1. The maximum Gasteiger partial charge on any atom is 0.220 e. The monoisotopic (exact) mass is 278 g/mol. The van der Waals surface area contributed by atoms with E-state index in [1.807, 2.05) is 24.3 Å². The van der Waals surface area contributed by atoms with Crippen LogP contribution in [0.4, 0.5) is 5.69 Å². The van der Waals surface area contributed by atoms with Crippen LogP contribution in [0.3, 0.4) is 0 Å². The second-order valence-electron chi connectivity index (χ2n) is 5.21. The van der Waals surface area contributed by atoms with Crippen LogP contribution in [0.2, 0.25) is 0 Å². The molecule has 2 rings (SSSR count). The largest absolute Gasteiger partial charge is 0.399 e. The topological polar surface area (TPSA) is 73.6 Å². The van der Waals surface area contributed by atoms with Crippen molar-refractivity contribution in [2.24, 2.45) is 0 Å². The van der Waals surface area contributed by atoms with Crippen molar-refractivity contribution in [1.82, 2.24) is 5.32 Å². The zero-order valence-electron chi connectivity index (χ0n) is 11.9. The number of carbonyl (C=O) groups is 1. The highest BCUT2D eigenvalue weighted by atomic mass is 16.5. The summed E-state index contributed by atoms with van der Waals surface area (Å²) in [5.41, 5.74) is 7.16. The smallest absolute Gasteiger partial charge is 0.220 e. The number of benzene rings is 1. The Morgan fingerprint density at radius 3 is 3.05 bits per heavy atom. The summed E-state index contributed by atoms with van der Waals surface area (Å²) in [5, 5.41) is 2.93. The molecule has 0 radical (unpaired) electrons. The Balaban J connectivity index is 1.75. The van der Waals surface area contributed by atoms with E-state index in [1.54, 1.807) is 7.11 Å². The SMILES string of the molecule is COC1(CNC(=O)CCc2cccc(N)c2)CCOC1. The Morgan fingerprint density at radius 2 is 2.40 bits per heavy atom. The highest BCUT2D eigenvalue weighted by Gasteiger charge is 2.35. The standard InChI is InChI=1S/C15H22N2O3/c1-19-15(7-8-20-11-15)10-17-14(18)6-5-12-3-2-4-13(16)9-12/h2-4,9H,5-8,10-11,16H2,1H3,(H,17,18). The number of aryl methyl sites for hydroxylation is 1. The summed E-state index contributed by atoms with van der Waals surface area (Å²) in [6.45, 7) is 1.73. The Bertz CT molecular complexity index is 456. The summed E-state index contributed by atoms with van der Waals surface area (Å²) in [6, 6.07) is 7.62. The summed E-state index contributed by atoms with van der Waals surface area (Å²) in [6.07, 6.45) is 1.95. The minimum atomic E-state index is -0.354. The van der Waals surface area contributed by atoms with Gasteiger partial charge in [-0.2, -0.15) is 0 Å². The zero-order valence-corrected chi connectivity index (χ0v) is 11.9. The van der Waals surface area contributed by atoms with E-state index in [0.29, 0.717) is 32.6 Å². The molecule has 0 bridgehead atoms. The molecule has 1 amide bonds. The van der Waals surface area contributed by atoms with Gasteiger partial charge < -0.3 is 20.5 Å². The molecule has 0 aromatic heterocycles. The van der Waals surface area contributed by atoms with Gasteiger partial charge in [0, 0.05) is 38.8 Å². The van der Waals surface area contributed by atoms with E-state index in [9.17, 15) is 4.79 Å². The first-order chi connectivity index (χ1) is 9.63. The fraction of sp³-hybridized carbons (Fsp3) is 0.533. The van der Waals surface area contributed by atoms with Crippen molar-refractivity contribution in [3.05, 3.63) is 29.8 Å². The Morgan fingerprint density at radius 1 is 1.55 bits per heavy atom. The van der Waals surface area contributed by atoms with Crippen LogP contribution in [0.25, 0.3) is 0 Å². The summed E-state index contributed by atoms with van der Waals surface area (Å²) in [7, 11) is 1.66. The van der Waals surface area contributed by atoms with Crippen molar-refractivity contribution < 1.29 is 14.3 Å². The quantitative estimate of drug-likeness (QED) is 0.765. The lowest BCUT2D eigenvalue weighted by Gasteiger charge is -2.25. The van der Waals surface area contributed by atoms with Gasteiger partial charge in [-0.1, -0.05) is 12.1 Å². The molecule has 1 fully saturated rings. The van der Waals surface area contributed by atoms with Crippen LogP contribution >= 0.6 is 0 Å². The predicted octanol–water partition coefficient (Wildman–Crippen LogP) is 1.12. The van der Waals surface area contributed by atoms with Crippen LogP contribution in [-0.4, -0.2) is 38.4 Å². The van der Waals surface area contributed by atoms with E-state index >= 15 is 0 Å². The minimum absolute atomic E-state index is 0.0238. The molecule has 1 atom stereocenters. The molecule has 1 aromatic rings. The van der Waals surface area contributed by atoms with Crippen molar-refractivity contribution >= 4 is 11.6 Å². The Hall–Kier alpha value is -1.59. The number of anilines is 1. The van der Waals surface area contributed by atoms with Crippen LogP contribution in [-0.2, 0) is 20.7 Å². The predicted molar refractivity (Wildman–Crippen MR) is 77.4 cm³/mol. The molecular weight excluding hydrogens is 256 g/mol. The van der Waals surface area contributed by atoms with Crippen molar-refractivity contribution in [3.63, 3.8) is 0 Å². The number of amides is 1. The van der Waals surface area contributed by atoms with Gasteiger partial charge in [0.05, 0.1) is 6.61 Å². The third-order valence-electron chi connectivity index (χ3n) is 3.70. The number of hydrogen-bond acceptors (Lipinski definition) is 4. The molecule has 0 aliphatic carbocycles. The minimum Gasteiger partial charge on any atom is -0.399 e. The van der Waals surface area contributed by atoms with Crippen LogP contribution in [0.15, 0.2) is 24.3 Å².